The van der Waals surface area contributed by atoms with E-state index < -0.39 is 5.25 Å². The topological polar surface area (TPSA) is 71.0 Å². The van der Waals surface area contributed by atoms with Crippen molar-refractivity contribution in [3.05, 3.63) is 126 Å². The maximum atomic E-state index is 13.7. The fourth-order valence-electron chi connectivity index (χ4n) is 4.75. The van der Waals surface area contributed by atoms with Gasteiger partial charge in [0.25, 0.3) is 0 Å². The first kappa shape index (κ1) is 27.2. The maximum Gasteiger partial charge on any atom is 0.242 e. The third-order valence-corrected chi connectivity index (χ3v) is 7.97. The predicted octanol–water partition coefficient (Wildman–Crippen LogP) is 6.88. The second-order valence-corrected chi connectivity index (χ2v) is 10.6. The number of thioether (sulfide) groups is 1. The summed E-state index contributed by atoms with van der Waals surface area (Å²) in [5.41, 5.74) is 3.82. The molecule has 1 aliphatic heterocycles. The molecule has 1 aliphatic rings. The van der Waals surface area contributed by atoms with Crippen LogP contribution in [0.2, 0.25) is 0 Å². The molecular formula is C33H31N3O3S. The van der Waals surface area contributed by atoms with Crippen LogP contribution in [0.5, 0.6) is 5.75 Å². The smallest absolute Gasteiger partial charge is 0.242 e. The molecule has 6 nitrogen and oxygen atoms in total. The largest absolute Gasteiger partial charge is 0.497 e. The minimum absolute atomic E-state index is 0.0668. The Morgan fingerprint density at radius 3 is 2.02 bits per heavy atom. The van der Waals surface area contributed by atoms with Gasteiger partial charge in [0.1, 0.15) is 11.0 Å². The van der Waals surface area contributed by atoms with Gasteiger partial charge in [-0.05, 0) is 53.9 Å². The van der Waals surface area contributed by atoms with Gasteiger partial charge in [0.05, 0.1) is 12.8 Å². The molecule has 1 unspecified atom stereocenters. The number of carbonyl (C=O) groups excluding carboxylic acids is 2. The highest BCUT2D eigenvalue weighted by atomic mass is 32.2. The Labute approximate surface area is 239 Å². The molecule has 40 heavy (non-hydrogen) atoms. The van der Waals surface area contributed by atoms with Crippen LogP contribution in [0, 0.1) is 0 Å². The number of para-hydroxylation sites is 1. The monoisotopic (exact) mass is 549 g/mol. The van der Waals surface area contributed by atoms with Crippen molar-refractivity contribution >= 4 is 40.1 Å². The van der Waals surface area contributed by atoms with Gasteiger partial charge in [0.15, 0.2) is 5.17 Å². The number of nitrogens with one attached hydrogen (secondary N) is 1. The summed E-state index contributed by atoms with van der Waals surface area (Å²) < 4.78 is 5.27. The van der Waals surface area contributed by atoms with E-state index in [-0.39, 0.29) is 24.2 Å². The second-order valence-electron chi connectivity index (χ2n) is 9.47. The lowest BCUT2D eigenvalue weighted by molar-refractivity contribution is -0.128. The Morgan fingerprint density at radius 2 is 1.45 bits per heavy atom. The average Bonchev–Trinajstić information content (AvgIpc) is 3.28. The molecule has 1 saturated heterocycles. The first-order valence-corrected chi connectivity index (χ1v) is 14.1. The summed E-state index contributed by atoms with van der Waals surface area (Å²) in [5, 5.41) is 2.95. The van der Waals surface area contributed by atoms with Gasteiger partial charge in [0.2, 0.25) is 11.8 Å². The molecule has 1 heterocycles. The van der Waals surface area contributed by atoms with E-state index in [0.29, 0.717) is 23.8 Å². The molecule has 0 saturated carbocycles. The van der Waals surface area contributed by atoms with Gasteiger partial charge in [-0.15, -0.1) is 0 Å². The molecule has 2 amide bonds. The highest BCUT2D eigenvalue weighted by Gasteiger charge is 2.39. The first-order valence-electron chi connectivity index (χ1n) is 13.3. The van der Waals surface area contributed by atoms with Gasteiger partial charge in [-0.2, -0.15) is 0 Å². The van der Waals surface area contributed by atoms with Crippen LogP contribution in [0.15, 0.2) is 120 Å². The Balaban J connectivity index is 1.38. The van der Waals surface area contributed by atoms with Crippen molar-refractivity contribution < 1.29 is 14.3 Å². The van der Waals surface area contributed by atoms with Crippen molar-refractivity contribution in [2.45, 2.75) is 24.0 Å². The number of amidine groups is 1. The van der Waals surface area contributed by atoms with Crippen LogP contribution in [0.4, 0.5) is 11.4 Å². The fourth-order valence-corrected chi connectivity index (χ4v) is 5.94. The minimum atomic E-state index is -0.549. The summed E-state index contributed by atoms with van der Waals surface area (Å²) in [5.74, 6) is 0.553. The minimum Gasteiger partial charge on any atom is -0.497 e. The normalized spacial score (nSPS) is 15.9. The number of hydrogen-bond acceptors (Lipinski definition) is 5. The van der Waals surface area contributed by atoms with Crippen molar-refractivity contribution in [1.82, 2.24) is 4.90 Å². The van der Waals surface area contributed by atoms with Crippen molar-refractivity contribution in [1.29, 1.82) is 0 Å². The number of rotatable bonds is 10. The van der Waals surface area contributed by atoms with Crippen LogP contribution in [-0.4, -0.2) is 40.8 Å². The highest BCUT2D eigenvalue weighted by molar-refractivity contribution is 8.15. The van der Waals surface area contributed by atoms with Crippen LogP contribution >= 0.6 is 11.8 Å². The van der Waals surface area contributed by atoms with Gasteiger partial charge in [-0.25, -0.2) is 4.99 Å². The number of anilines is 1. The van der Waals surface area contributed by atoms with Crippen LogP contribution in [0.1, 0.15) is 29.9 Å². The quantitative estimate of drug-likeness (QED) is 0.234. The zero-order valence-electron chi connectivity index (χ0n) is 22.3. The summed E-state index contributed by atoms with van der Waals surface area (Å²) in [6.07, 6.45) is 0.780. The molecule has 1 N–H and O–H groups in total. The number of nitrogens with zero attached hydrogens (tertiary/aromatic N) is 2. The number of aliphatic imine (C=N–C) groups is 1. The molecule has 4 aromatic rings. The van der Waals surface area contributed by atoms with Crippen LogP contribution < -0.4 is 10.1 Å². The van der Waals surface area contributed by atoms with Gasteiger partial charge in [-0.1, -0.05) is 90.6 Å². The number of hydrogen-bond donors (Lipinski definition) is 1. The number of benzene rings is 4. The zero-order valence-corrected chi connectivity index (χ0v) is 23.1. The van der Waals surface area contributed by atoms with Crippen LogP contribution in [-0.2, 0) is 9.59 Å². The van der Waals surface area contributed by atoms with Gasteiger partial charge < -0.3 is 10.1 Å². The highest BCUT2D eigenvalue weighted by Crippen LogP contribution is 2.35. The molecule has 5 rings (SSSR count). The molecule has 1 atom stereocenters. The Hall–Kier alpha value is -4.36. The average molecular weight is 550 g/mol. The standard InChI is InChI=1S/C33H31N3O3S/c1-39-28-19-17-27(18-20-28)35-33-36(32(38)30(40-33)23-31(37)34-26-15-9-4-10-16-26)22-21-29(24-11-5-2-6-12-24)25-13-7-3-8-14-25/h2-20,29-30H,21-23H2,1H3,(H,34,37). The van der Waals surface area contributed by atoms with E-state index in [0.717, 1.165) is 11.4 Å². The second kappa shape index (κ2) is 13.1. The Kier molecular flexibility index (Phi) is 8.93. The third kappa shape index (κ3) is 6.79. The summed E-state index contributed by atoms with van der Waals surface area (Å²) in [7, 11) is 1.62. The van der Waals surface area contributed by atoms with E-state index in [1.165, 1.54) is 22.9 Å². The SMILES string of the molecule is COc1ccc(N=C2SC(CC(=O)Nc3ccccc3)C(=O)N2CCC(c2ccccc2)c2ccccc2)cc1. The lowest BCUT2D eigenvalue weighted by atomic mass is 9.88. The van der Waals surface area contributed by atoms with Crippen molar-refractivity contribution in [3.8, 4) is 5.75 Å². The molecule has 0 radical (unpaired) electrons. The Bertz CT molecular complexity index is 1410. The summed E-state index contributed by atoms with van der Waals surface area (Å²) >= 11 is 1.35. The lowest BCUT2D eigenvalue weighted by Crippen LogP contribution is -2.35. The van der Waals surface area contributed by atoms with Gasteiger partial charge >= 0.3 is 0 Å². The molecule has 1 fully saturated rings. The molecule has 0 aliphatic carbocycles. The van der Waals surface area contributed by atoms with Crippen molar-refractivity contribution in [2.75, 3.05) is 19.0 Å². The van der Waals surface area contributed by atoms with Crippen LogP contribution in [0.25, 0.3) is 0 Å². The number of ether oxygens (including phenoxy) is 1. The number of amides is 2. The molecule has 0 bridgehead atoms. The van der Waals surface area contributed by atoms with E-state index in [1.54, 1.807) is 12.0 Å². The molecule has 0 spiro atoms. The van der Waals surface area contributed by atoms with Gasteiger partial charge in [0, 0.05) is 24.6 Å². The lowest BCUT2D eigenvalue weighted by Gasteiger charge is -2.22. The summed E-state index contributed by atoms with van der Waals surface area (Å²) in [6.45, 7) is 0.478. The van der Waals surface area contributed by atoms with Crippen LogP contribution in [0.3, 0.4) is 0 Å². The van der Waals surface area contributed by atoms with E-state index >= 15 is 0 Å². The van der Waals surface area contributed by atoms with Crippen molar-refractivity contribution in [3.63, 3.8) is 0 Å². The Morgan fingerprint density at radius 1 is 0.875 bits per heavy atom. The summed E-state index contributed by atoms with van der Waals surface area (Å²) in [6, 6.07) is 37.4. The predicted molar refractivity (Wildman–Crippen MR) is 162 cm³/mol. The van der Waals surface area contributed by atoms with Crippen molar-refractivity contribution in [2.24, 2.45) is 4.99 Å². The van der Waals surface area contributed by atoms with E-state index in [4.69, 9.17) is 9.73 Å². The molecule has 202 valence electrons. The van der Waals surface area contributed by atoms with E-state index in [1.807, 2.05) is 91.0 Å². The number of carbonyl (C=O) groups is 2. The van der Waals surface area contributed by atoms with E-state index in [9.17, 15) is 9.59 Å². The zero-order chi connectivity index (χ0) is 27.7. The molecule has 4 aromatic carbocycles. The number of methoxy groups -OCH3 is 1. The van der Waals surface area contributed by atoms with Gasteiger partial charge in [-0.3, -0.25) is 14.5 Å². The summed E-state index contributed by atoms with van der Waals surface area (Å²) in [4.78, 5) is 33.1. The third-order valence-electron chi connectivity index (χ3n) is 6.79. The fraction of sp³-hybridized carbons (Fsp3) is 0.182. The first-order chi connectivity index (χ1) is 19.6. The van der Waals surface area contributed by atoms with E-state index in [2.05, 4.69) is 29.6 Å². The molecule has 7 heteroatoms. The molecule has 0 aromatic heterocycles. The molecular weight excluding hydrogens is 518 g/mol. The maximum absolute atomic E-state index is 13.7.